The lowest BCUT2D eigenvalue weighted by Gasteiger charge is -2.14. The number of carbonyl (C=O) groups excluding carboxylic acids is 1. The van der Waals surface area contributed by atoms with E-state index in [0.29, 0.717) is 5.56 Å². The molecule has 0 radical (unpaired) electrons. The van der Waals surface area contributed by atoms with Crippen molar-refractivity contribution >= 4 is 5.91 Å². The van der Waals surface area contributed by atoms with Gasteiger partial charge in [0.05, 0.1) is 11.6 Å². The smallest absolute Gasteiger partial charge is 0.253 e. The highest BCUT2D eigenvalue weighted by molar-refractivity contribution is 5.94. The zero-order valence-corrected chi connectivity index (χ0v) is 9.69. The molecule has 0 aliphatic heterocycles. The number of rotatable bonds is 3. The quantitative estimate of drug-likeness (QED) is 0.837. The molecule has 1 aromatic heterocycles. The van der Waals surface area contributed by atoms with E-state index in [4.69, 9.17) is 5.26 Å². The van der Waals surface area contributed by atoms with Gasteiger partial charge in [0.25, 0.3) is 5.91 Å². The molecule has 0 aliphatic carbocycles. The Morgan fingerprint density at radius 3 is 2.62 bits per heavy atom. The first kappa shape index (κ1) is 12.2. The van der Waals surface area contributed by atoms with Crippen LogP contribution < -0.4 is 5.32 Å². The number of amides is 1. The molecule has 0 aliphatic rings. The van der Waals surface area contributed by atoms with E-state index >= 15 is 0 Å². The molecule has 1 amide bonds. The number of hydrogen-bond acceptors (Lipinski definition) is 3. The Balaban J connectivity index is 2.73. The van der Waals surface area contributed by atoms with E-state index in [1.807, 2.05) is 20.8 Å². The number of nitriles is 1. The molecule has 0 saturated heterocycles. The van der Waals surface area contributed by atoms with Crippen molar-refractivity contribution in [2.45, 2.75) is 26.8 Å². The molecular formula is C12H15N3O. The predicted octanol–water partition coefficient (Wildman–Crippen LogP) is 1.67. The van der Waals surface area contributed by atoms with Crippen molar-refractivity contribution in [1.29, 1.82) is 5.26 Å². The lowest BCUT2D eigenvalue weighted by Crippen LogP contribution is -2.37. The summed E-state index contributed by atoms with van der Waals surface area (Å²) in [6.07, 6.45) is 1.51. The summed E-state index contributed by atoms with van der Waals surface area (Å²) in [5, 5.41) is 11.5. The van der Waals surface area contributed by atoms with Crippen molar-refractivity contribution < 1.29 is 4.79 Å². The summed E-state index contributed by atoms with van der Waals surface area (Å²) < 4.78 is 0. The van der Waals surface area contributed by atoms with Crippen molar-refractivity contribution in [2.75, 3.05) is 0 Å². The van der Waals surface area contributed by atoms with Gasteiger partial charge in [-0.3, -0.25) is 9.78 Å². The third kappa shape index (κ3) is 3.06. The molecule has 0 aromatic carbocycles. The monoisotopic (exact) mass is 217 g/mol. The van der Waals surface area contributed by atoms with Gasteiger partial charge in [-0.05, 0) is 25.0 Å². The largest absolute Gasteiger partial charge is 0.336 e. The van der Waals surface area contributed by atoms with E-state index < -0.39 is 6.04 Å². The Labute approximate surface area is 95.3 Å². The van der Waals surface area contributed by atoms with Crippen molar-refractivity contribution in [3.05, 3.63) is 29.6 Å². The van der Waals surface area contributed by atoms with Crippen LogP contribution in [-0.2, 0) is 0 Å². The van der Waals surface area contributed by atoms with Crippen LogP contribution in [0.3, 0.4) is 0 Å². The zero-order chi connectivity index (χ0) is 12.1. The number of nitrogens with zero attached hydrogens (tertiary/aromatic N) is 2. The molecule has 0 fully saturated rings. The Hall–Kier alpha value is -1.89. The summed E-state index contributed by atoms with van der Waals surface area (Å²) in [6.45, 7) is 5.64. The van der Waals surface area contributed by atoms with E-state index in [9.17, 15) is 4.79 Å². The van der Waals surface area contributed by atoms with Crippen LogP contribution in [0.2, 0.25) is 0 Å². The fourth-order valence-electron chi connectivity index (χ4n) is 1.17. The van der Waals surface area contributed by atoms with Crippen LogP contribution in [0.1, 0.15) is 29.9 Å². The lowest BCUT2D eigenvalue weighted by atomic mass is 10.1. The molecule has 0 saturated carbocycles. The molecule has 1 atom stereocenters. The first-order valence-electron chi connectivity index (χ1n) is 5.17. The van der Waals surface area contributed by atoms with Crippen molar-refractivity contribution in [1.82, 2.24) is 10.3 Å². The first-order valence-corrected chi connectivity index (χ1v) is 5.17. The predicted molar refractivity (Wildman–Crippen MR) is 60.7 cm³/mol. The van der Waals surface area contributed by atoms with Crippen LogP contribution in [0.5, 0.6) is 0 Å². The van der Waals surface area contributed by atoms with Gasteiger partial charge in [-0.1, -0.05) is 13.8 Å². The fraction of sp³-hybridized carbons (Fsp3) is 0.417. The fourth-order valence-corrected chi connectivity index (χ4v) is 1.17. The molecule has 0 spiro atoms. The average molecular weight is 217 g/mol. The molecule has 1 heterocycles. The summed E-state index contributed by atoms with van der Waals surface area (Å²) in [6, 6.07) is 5.07. The highest BCUT2D eigenvalue weighted by Crippen LogP contribution is 2.03. The van der Waals surface area contributed by atoms with Crippen LogP contribution in [-0.4, -0.2) is 16.9 Å². The van der Waals surface area contributed by atoms with Crippen LogP contribution in [0.25, 0.3) is 0 Å². The summed E-state index contributed by atoms with van der Waals surface area (Å²) in [5.41, 5.74) is 1.34. The minimum Gasteiger partial charge on any atom is -0.336 e. The number of aryl methyl sites for hydroxylation is 1. The maximum Gasteiger partial charge on any atom is 0.253 e. The van der Waals surface area contributed by atoms with Gasteiger partial charge in [0.15, 0.2) is 0 Å². The molecule has 1 aromatic rings. The Morgan fingerprint density at radius 1 is 1.50 bits per heavy atom. The van der Waals surface area contributed by atoms with Gasteiger partial charge < -0.3 is 5.32 Å². The topological polar surface area (TPSA) is 65.8 Å². The molecule has 1 rings (SSSR count). The third-order valence-electron chi connectivity index (χ3n) is 2.27. The summed E-state index contributed by atoms with van der Waals surface area (Å²) in [7, 11) is 0. The molecule has 1 N–H and O–H groups in total. The summed E-state index contributed by atoms with van der Waals surface area (Å²) in [4.78, 5) is 15.8. The molecule has 4 nitrogen and oxygen atoms in total. The van der Waals surface area contributed by atoms with Gasteiger partial charge in [0.1, 0.15) is 6.04 Å². The van der Waals surface area contributed by atoms with Crippen LogP contribution in [0.4, 0.5) is 0 Å². The van der Waals surface area contributed by atoms with Crippen LogP contribution in [0, 0.1) is 24.2 Å². The van der Waals surface area contributed by atoms with Gasteiger partial charge in [0.2, 0.25) is 0 Å². The lowest BCUT2D eigenvalue weighted by molar-refractivity contribution is 0.0937. The highest BCUT2D eigenvalue weighted by Gasteiger charge is 2.16. The maximum absolute atomic E-state index is 11.7. The van der Waals surface area contributed by atoms with Crippen molar-refractivity contribution in [3.8, 4) is 6.07 Å². The number of pyridine rings is 1. The van der Waals surface area contributed by atoms with Crippen molar-refractivity contribution in [2.24, 2.45) is 5.92 Å². The average Bonchev–Trinajstić information content (AvgIpc) is 2.26. The minimum atomic E-state index is -0.464. The molecule has 4 heteroatoms. The molecule has 84 valence electrons. The minimum absolute atomic E-state index is 0.0901. The van der Waals surface area contributed by atoms with Gasteiger partial charge >= 0.3 is 0 Å². The molecule has 0 bridgehead atoms. The maximum atomic E-state index is 11.7. The van der Waals surface area contributed by atoms with Gasteiger partial charge in [-0.2, -0.15) is 5.26 Å². The van der Waals surface area contributed by atoms with Gasteiger partial charge in [-0.15, -0.1) is 0 Å². The normalized spacial score (nSPS) is 11.9. The molecular weight excluding hydrogens is 202 g/mol. The second kappa shape index (κ2) is 5.26. The first-order chi connectivity index (χ1) is 7.54. The molecule has 1 unspecified atom stereocenters. The number of hydrogen-bond donors (Lipinski definition) is 1. The zero-order valence-electron chi connectivity index (χ0n) is 9.69. The number of aromatic nitrogens is 1. The Bertz CT molecular complexity index is 403. The highest BCUT2D eigenvalue weighted by atomic mass is 16.1. The van der Waals surface area contributed by atoms with E-state index in [1.54, 1.807) is 12.1 Å². The van der Waals surface area contributed by atoms with Crippen molar-refractivity contribution in [3.63, 3.8) is 0 Å². The standard InChI is InChI=1S/C12H15N3O/c1-8(2)11(6-13)15-12(16)10-5-4-9(3)14-7-10/h4-5,7-8,11H,1-3H3,(H,15,16). The number of carbonyl (C=O) groups is 1. The second-order valence-electron chi connectivity index (χ2n) is 4.01. The Morgan fingerprint density at radius 2 is 2.19 bits per heavy atom. The third-order valence-corrected chi connectivity index (χ3v) is 2.27. The van der Waals surface area contributed by atoms with E-state index in [1.165, 1.54) is 6.20 Å². The second-order valence-corrected chi connectivity index (χ2v) is 4.01. The number of nitrogens with one attached hydrogen (secondary N) is 1. The van der Waals surface area contributed by atoms with E-state index in [0.717, 1.165) is 5.69 Å². The Kier molecular flexibility index (Phi) is 4.01. The van der Waals surface area contributed by atoms with E-state index in [-0.39, 0.29) is 11.8 Å². The van der Waals surface area contributed by atoms with Crippen LogP contribution in [0.15, 0.2) is 18.3 Å². The summed E-state index contributed by atoms with van der Waals surface area (Å²) in [5.74, 6) is -0.167. The summed E-state index contributed by atoms with van der Waals surface area (Å²) >= 11 is 0. The van der Waals surface area contributed by atoms with Gasteiger partial charge in [0, 0.05) is 11.9 Å². The van der Waals surface area contributed by atoms with E-state index in [2.05, 4.69) is 16.4 Å². The van der Waals surface area contributed by atoms with Gasteiger partial charge in [-0.25, -0.2) is 0 Å². The van der Waals surface area contributed by atoms with Crippen LogP contribution >= 0.6 is 0 Å². The SMILES string of the molecule is Cc1ccc(C(=O)NC(C#N)C(C)C)cn1. The molecule has 16 heavy (non-hydrogen) atoms.